The van der Waals surface area contributed by atoms with E-state index >= 15 is 0 Å². The van der Waals surface area contributed by atoms with E-state index in [-0.39, 0.29) is 11.9 Å². The molecule has 2 atom stereocenters. The van der Waals surface area contributed by atoms with Gasteiger partial charge in [0.1, 0.15) is 0 Å². The van der Waals surface area contributed by atoms with Crippen LogP contribution in [-0.4, -0.2) is 12.6 Å². The molecule has 0 spiro atoms. The van der Waals surface area contributed by atoms with Crippen molar-refractivity contribution in [2.75, 3.05) is 6.61 Å². The lowest BCUT2D eigenvalue weighted by Gasteiger charge is -2.14. The summed E-state index contributed by atoms with van der Waals surface area (Å²) < 4.78 is 5.49. The molecule has 2 heteroatoms. The second kappa shape index (κ2) is 23.1. The largest absolute Gasteiger partial charge is 0.465 e. The second-order valence-corrected chi connectivity index (χ2v) is 9.84. The van der Waals surface area contributed by atoms with Crippen LogP contribution in [0.5, 0.6) is 0 Å². The summed E-state index contributed by atoms with van der Waals surface area (Å²) in [4.78, 5) is 12.1. The van der Waals surface area contributed by atoms with E-state index in [4.69, 9.17) is 4.74 Å². The van der Waals surface area contributed by atoms with Crippen molar-refractivity contribution < 1.29 is 9.53 Å². The first kappa shape index (κ1) is 29.5. The highest BCUT2D eigenvalue weighted by Gasteiger charge is 2.14. The molecule has 0 saturated heterocycles. The fraction of sp³-hybridized carbons (Fsp3) is 0.964. The Morgan fingerprint density at radius 1 is 0.567 bits per heavy atom. The molecule has 0 aromatic heterocycles. The Labute approximate surface area is 190 Å². The molecule has 2 unspecified atom stereocenters. The van der Waals surface area contributed by atoms with Crippen molar-refractivity contribution >= 4 is 5.97 Å². The van der Waals surface area contributed by atoms with Gasteiger partial charge in [0.2, 0.25) is 0 Å². The zero-order valence-electron chi connectivity index (χ0n) is 21.3. The van der Waals surface area contributed by atoms with E-state index in [1.54, 1.807) is 0 Å². The van der Waals surface area contributed by atoms with E-state index in [1.807, 2.05) is 6.92 Å². The topological polar surface area (TPSA) is 26.3 Å². The van der Waals surface area contributed by atoms with Gasteiger partial charge in [-0.1, -0.05) is 143 Å². The minimum Gasteiger partial charge on any atom is -0.465 e. The maximum Gasteiger partial charge on any atom is 0.308 e. The Bertz CT molecular complexity index is 353. The van der Waals surface area contributed by atoms with Gasteiger partial charge in [-0.3, -0.25) is 4.79 Å². The van der Waals surface area contributed by atoms with Gasteiger partial charge in [-0.2, -0.15) is 0 Å². The van der Waals surface area contributed by atoms with Gasteiger partial charge in [0.05, 0.1) is 12.5 Å². The Kier molecular flexibility index (Phi) is 22.7. The molecule has 0 aromatic carbocycles. The SMILES string of the molecule is CCCCCCCCCCCCCCCCOC(=O)C(C)CCCC(C)CCCC. The van der Waals surface area contributed by atoms with E-state index in [0.29, 0.717) is 6.61 Å². The van der Waals surface area contributed by atoms with Crippen molar-refractivity contribution in [1.29, 1.82) is 0 Å². The molecule has 180 valence electrons. The van der Waals surface area contributed by atoms with Crippen molar-refractivity contribution in [2.45, 2.75) is 156 Å². The van der Waals surface area contributed by atoms with Gasteiger partial charge in [-0.05, 0) is 18.8 Å². The van der Waals surface area contributed by atoms with E-state index < -0.39 is 0 Å². The van der Waals surface area contributed by atoms with Crippen LogP contribution in [0.3, 0.4) is 0 Å². The van der Waals surface area contributed by atoms with E-state index in [2.05, 4.69) is 20.8 Å². The van der Waals surface area contributed by atoms with Crippen LogP contribution in [0.15, 0.2) is 0 Å². The maximum absolute atomic E-state index is 12.1. The van der Waals surface area contributed by atoms with Crippen LogP contribution in [0.25, 0.3) is 0 Å². The maximum atomic E-state index is 12.1. The molecule has 30 heavy (non-hydrogen) atoms. The lowest BCUT2D eigenvalue weighted by atomic mass is 9.95. The Morgan fingerprint density at radius 2 is 1.00 bits per heavy atom. The predicted octanol–water partition coefficient (Wildman–Crippen LogP) is 9.64. The summed E-state index contributed by atoms with van der Waals surface area (Å²) in [7, 11) is 0. The van der Waals surface area contributed by atoms with Crippen molar-refractivity contribution in [3.63, 3.8) is 0 Å². The van der Waals surface area contributed by atoms with Gasteiger partial charge in [-0.15, -0.1) is 0 Å². The summed E-state index contributed by atoms with van der Waals surface area (Å²) in [6.07, 6.45) is 26.3. The molecule has 0 aromatic rings. The minimum atomic E-state index is 0.0194. The summed E-state index contributed by atoms with van der Waals surface area (Å²) in [6.45, 7) is 9.53. The highest BCUT2D eigenvalue weighted by Crippen LogP contribution is 2.18. The molecular weight excluding hydrogens is 368 g/mol. The first-order chi connectivity index (χ1) is 14.6. The Hall–Kier alpha value is -0.530. The number of carbonyl (C=O) groups is 1. The predicted molar refractivity (Wildman–Crippen MR) is 133 cm³/mol. The number of carbonyl (C=O) groups excluding carboxylic acids is 1. The van der Waals surface area contributed by atoms with Crippen molar-refractivity contribution in [1.82, 2.24) is 0 Å². The molecule has 0 aliphatic rings. The third kappa shape index (κ3) is 20.7. The fourth-order valence-electron chi connectivity index (χ4n) is 4.20. The zero-order valence-corrected chi connectivity index (χ0v) is 21.3. The lowest BCUT2D eigenvalue weighted by Crippen LogP contribution is -2.15. The number of esters is 1. The van der Waals surface area contributed by atoms with Gasteiger partial charge in [0.15, 0.2) is 0 Å². The van der Waals surface area contributed by atoms with Gasteiger partial charge in [0, 0.05) is 0 Å². The summed E-state index contributed by atoms with van der Waals surface area (Å²) >= 11 is 0. The monoisotopic (exact) mass is 424 g/mol. The zero-order chi connectivity index (χ0) is 22.3. The summed E-state index contributed by atoms with van der Waals surface area (Å²) in [5.74, 6) is 0.879. The van der Waals surface area contributed by atoms with Crippen molar-refractivity contribution in [3.8, 4) is 0 Å². The highest BCUT2D eigenvalue weighted by molar-refractivity contribution is 5.71. The van der Waals surface area contributed by atoms with Crippen LogP contribution in [0, 0.1) is 11.8 Å². The molecule has 0 aliphatic carbocycles. The molecular formula is C28H56O2. The van der Waals surface area contributed by atoms with Gasteiger partial charge < -0.3 is 4.74 Å². The average Bonchev–Trinajstić information content (AvgIpc) is 2.74. The highest BCUT2D eigenvalue weighted by atomic mass is 16.5. The van der Waals surface area contributed by atoms with Gasteiger partial charge >= 0.3 is 5.97 Å². The summed E-state index contributed by atoms with van der Waals surface area (Å²) in [6, 6.07) is 0. The van der Waals surface area contributed by atoms with Crippen LogP contribution in [0.4, 0.5) is 0 Å². The van der Waals surface area contributed by atoms with Crippen LogP contribution < -0.4 is 0 Å². The third-order valence-electron chi connectivity index (χ3n) is 6.53. The standard InChI is InChI=1S/C28H56O2/c1-5-7-9-10-11-12-13-14-15-16-17-18-19-20-25-30-28(29)27(4)24-21-23-26(3)22-8-6-2/h26-27H,5-25H2,1-4H3. The molecule has 0 saturated carbocycles. The quantitative estimate of drug-likeness (QED) is 0.120. The minimum absolute atomic E-state index is 0.0194. The number of unbranched alkanes of at least 4 members (excludes halogenated alkanes) is 14. The molecule has 0 rings (SSSR count). The second-order valence-electron chi connectivity index (χ2n) is 9.84. The smallest absolute Gasteiger partial charge is 0.308 e. The number of ether oxygens (including phenoxy) is 1. The Morgan fingerprint density at radius 3 is 1.50 bits per heavy atom. The fourth-order valence-corrected chi connectivity index (χ4v) is 4.20. The molecule has 0 heterocycles. The number of hydrogen-bond acceptors (Lipinski definition) is 2. The van der Waals surface area contributed by atoms with E-state index in [1.165, 1.54) is 109 Å². The first-order valence-electron chi connectivity index (χ1n) is 13.8. The average molecular weight is 425 g/mol. The summed E-state index contributed by atoms with van der Waals surface area (Å²) in [5, 5.41) is 0. The number of rotatable bonds is 23. The molecule has 0 N–H and O–H groups in total. The van der Waals surface area contributed by atoms with Crippen LogP contribution in [-0.2, 0) is 9.53 Å². The molecule has 2 nitrogen and oxygen atoms in total. The normalized spacial score (nSPS) is 13.3. The molecule has 0 bridgehead atoms. The van der Waals surface area contributed by atoms with E-state index in [9.17, 15) is 4.79 Å². The van der Waals surface area contributed by atoms with Crippen LogP contribution in [0.1, 0.15) is 156 Å². The lowest BCUT2D eigenvalue weighted by molar-refractivity contribution is -0.148. The summed E-state index contributed by atoms with van der Waals surface area (Å²) in [5.41, 5.74) is 0. The van der Waals surface area contributed by atoms with Gasteiger partial charge in [-0.25, -0.2) is 0 Å². The molecule has 0 amide bonds. The van der Waals surface area contributed by atoms with Crippen LogP contribution >= 0.6 is 0 Å². The molecule has 0 radical (unpaired) electrons. The number of hydrogen-bond donors (Lipinski definition) is 0. The van der Waals surface area contributed by atoms with E-state index in [0.717, 1.165) is 25.2 Å². The molecule has 0 aliphatic heterocycles. The van der Waals surface area contributed by atoms with Crippen molar-refractivity contribution in [3.05, 3.63) is 0 Å². The Balaban J connectivity index is 3.34. The molecule has 0 fully saturated rings. The third-order valence-corrected chi connectivity index (χ3v) is 6.53. The van der Waals surface area contributed by atoms with Crippen LogP contribution in [0.2, 0.25) is 0 Å². The van der Waals surface area contributed by atoms with Crippen molar-refractivity contribution in [2.24, 2.45) is 11.8 Å². The first-order valence-corrected chi connectivity index (χ1v) is 13.8. The van der Waals surface area contributed by atoms with Gasteiger partial charge in [0.25, 0.3) is 0 Å².